The van der Waals surface area contributed by atoms with E-state index in [0.717, 1.165) is 5.56 Å². The predicted molar refractivity (Wildman–Crippen MR) is 75.9 cm³/mol. The van der Waals surface area contributed by atoms with Crippen molar-refractivity contribution >= 4 is 11.9 Å². The molecule has 1 aromatic rings. The maximum absolute atomic E-state index is 12.1. The molecule has 0 spiro atoms. The van der Waals surface area contributed by atoms with Gasteiger partial charge in [0.1, 0.15) is 12.4 Å². The molecule has 1 rings (SSSR count). The summed E-state index contributed by atoms with van der Waals surface area (Å²) in [5.41, 5.74) is 0.741. The lowest BCUT2D eigenvalue weighted by Gasteiger charge is -2.08. The molecule has 5 nitrogen and oxygen atoms in total. The maximum Gasteiger partial charge on any atom is 0.303 e. The third kappa shape index (κ3) is 8.18. The van der Waals surface area contributed by atoms with Crippen molar-refractivity contribution in [3.8, 4) is 5.75 Å². The van der Waals surface area contributed by atoms with E-state index in [1.54, 1.807) is 24.3 Å². The highest BCUT2D eigenvalue weighted by molar-refractivity contribution is 5.75. The van der Waals surface area contributed by atoms with Crippen LogP contribution in [0.25, 0.3) is 0 Å². The number of hydrogen-bond acceptors (Lipinski definition) is 3. The minimum Gasteiger partial charge on any atom is -0.488 e. The fraction of sp³-hybridized carbons (Fsp3) is 0.467. The number of aliphatic carboxylic acids is 1. The monoisotopic (exact) mass is 315 g/mol. The molecule has 0 heterocycles. The Bertz CT molecular complexity index is 494. The molecule has 0 fully saturated rings. The molecule has 1 amide bonds. The van der Waals surface area contributed by atoms with E-state index in [4.69, 9.17) is 9.84 Å². The van der Waals surface area contributed by atoms with Crippen molar-refractivity contribution in [2.24, 2.45) is 0 Å². The Hall–Kier alpha value is -2.18. The zero-order valence-electron chi connectivity index (χ0n) is 12.1. The molecule has 0 saturated heterocycles. The summed E-state index contributed by atoms with van der Waals surface area (Å²) in [5.74, 6) is -0.723. The van der Waals surface area contributed by atoms with Crippen LogP contribution in [0, 0.1) is 0 Å². The second-order valence-corrected chi connectivity index (χ2v) is 4.73. The van der Waals surface area contributed by atoms with Gasteiger partial charge in [-0.15, -0.1) is 0 Å². The van der Waals surface area contributed by atoms with Crippen molar-refractivity contribution in [3.63, 3.8) is 0 Å². The van der Waals surface area contributed by atoms with Gasteiger partial charge in [0.2, 0.25) is 5.91 Å². The molecule has 0 aliphatic carbocycles. The molecule has 0 aromatic heterocycles. The fourth-order valence-corrected chi connectivity index (χ4v) is 1.76. The third-order valence-electron chi connectivity index (χ3n) is 2.81. The number of rotatable bonds is 10. The van der Waals surface area contributed by atoms with E-state index < -0.39 is 19.0 Å². The number of carbonyl (C=O) groups is 2. The lowest BCUT2D eigenvalue weighted by molar-refractivity contribution is -0.137. The lowest BCUT2D eigenvalue weighted by Crippen LogP contribution is -2.22. The first-order chi connectivity index (χ1) is 10.5. The summed E-state index contributed by atoms with van der Waals surface area (Å²) < 4.78 is 29.0. The molecule has 0 aliphatic heterocycles. The van der Waals surface area contributed by atoms with Crippen LogP contribution in [-0.4, -0.2) is 30.0 Å². The Morgan fingerprint density at radius 2 is 1.95 bits per heavy atom. The molecule has 0 atom stereocenters. The van der Waals surface area contributed by atoms with Crippen molar-refractivity contribution in [1.29, 1.82) is 0 Å². The SMILES string of the molecule is O=C(O)CCCCC(=O)NCc1cccc(OCC(F)F)c1. The number of alkyl halides is 2. The first kappa shape index (κ1) is 17.9. The third-order valence-corrected chi connectivity index (χ3v) is 2.81. The average molecular weight is 315 g/mol. The molecule has 0 unspecified atom stereocenters. The minimum absolute atomic E-state index is 0.0524. The Morgan fingerprint density at radius 3 is 2.64 bits per heavy atom. The molecule has 122 valence electrons. The summed E-state index contributed by atoms with van der Waals surface area (Å²) in [6, 6.07) is 6.57. The van der Waals surface area contributed by atoms with Gasteiger partial charge in [-0.05, 0) is 30.5 Å². The van der Waals surface area contributed by atoms with Gasteiger partial charge >= 0.3 is 5.97 Å². The number of carbonyl (C=O) groups excluding carboxylic acids is 1. The van der Waals surface area contributed by atoms with Gasteiger partial charge in [0.25, 0.3) is 6.43 Å². The summed E-state index contributed by atoms with van der Waals surface area (Å²) in [6.07, 6.45) is -1.25. The van der Waals surface area contributed by atoms with E-state index in [1.165, 1.54) is 0 Å². The molecule has 1 aromatic carbocycles. The van der Waals surface area contributed by atoms with Crippen LogP contribution in [0.3, 0.4) is 0 Å². The number of benzene rings is 1. The van der Waals surface area contributed by atoms with Crippen LogP contribution in [0.1, 0.15) is 31.2 Å². The number of carboxylic acid groups (broad SMARTS) is 1. The average Bonchev–Trinajstić information content (AvgIpc) is 2.48. The van der Waals surface area contributed by atoms with Crippen molar-refractivity contribution in [2.75, 3.05) is 6.61 Å². The van der Waals surface area contributed by atoms with E-state index in [2.05, 4.69) is 5.32 Å². The quantitative estimate of drug-likeness (QED) is 0.651. The number of unbranched alkanes of at least 4 members (excludes halogenated alkanes) is 1. The Kier molecular flexibility index (Phi) is 7.88. The largest absolute Gasteiger partial charge is 0.488 e. The van der Waals surface area contributed by atoms with Gasteiger partial charge in [0, 0.05) is 19.4 Å². The molecule has 22 heavy (non-hydrogen) atoms. The standard InChI is InChI=1S/C15H19F2NO4/c16-13(17)10-22-12-5-3-4-11(8-12)9-18-14(19)6-1-2-7-15(20)21/h3-5,8,13H,1-2,6-7,9-10H2,(H,18,19)(H,20,21). The highest BCUT2D eigenvalue weighted by Crippen LogP contribution is 2.14. The highest BCUT2D eigenvalue weighted by Gasteiger charge is 2.06. The highest BCUT2D eigenvalue weighted by atomic mass is 19.3. The number of hydrogen-bond donors (Lipinski definition) is 2. The Morgan fingerprint density at radius 1 is 1.23 bits per heavy atom. The molecule has 0 radical (unpaired) electrons. The van der Waals surface area contributed by atoms with Gasteiger partial charge < -0.3 is 15.2 Å². The zero-order valence-corrected chi connectivity index (χ0v) is 12.1. The Balaban J connectivity index is 2.30. The van der Waals surface area contributed by atoms with Crippen molar-refractivity contribution in [3.05, 3.63) is 29.8 Å². The van der Waals surface area contributed by atoms with E-state index in [-0.39, 0.29) is 25.3 Å². The fourth-order valence-electron chi connectivity index (χ4n) is 1.76. The van der Waals surface area contributed by atoms with E-state index in [0.29, 0.717) is 18.6 Å². The number of ether oxygens (including phenoxy) is 1. The van der Waals surface area contributed by atoms with Crippen LogP contribution in [0.4, 0.5) is 8.78 Å². The van der Waals surface area contributed by atoms with Crippen molar-refractivity contribution in [1.82, 2.24) is 5.32 Å². The zero-order chi connectivity index (χ0) is 16.4. The van der Waals surface area contributed by atoms with Crippen LogP contribution in [0.5, 0.6) is 5.75 Å². The number of carboxylic acids is 1. The van der Waals surface area contributed by atoms with Crippen LogP contribution in [-0.2, 0) is 16.1 Å². The topological polar surface area (TPSA) is 75.6 Å². The molecule has 0 saturated carbocycles. The van der Waals surface area contributed by atoms with Gasteiger partial charge in [0.05, 0.1) is 0 Å². The van der Waals surface area contributed by atoms with Gasteiger partial charge in [0.15, 0.2) is 0 Å². The molecular formula is C15H19F2NO4. The molecule has 0 aliphatic rings. The summed E-state index contributed by atoms with van der Waals surface area (Å²) in [6.45, 7) is -0.400. The summed E-state index contributed by atoms with van der Waals surface area (Å²) in [5, 5.41) is 11.2. The van der Waals surface area contributed by atoms with E-state index in [9.17, 15) is 18.4 Å². The van der Waals surface area contributed by atoms with Crippen molar-refractivity contribution in [2.45, 2.75) is 38.7 Å². The Labute approximate surface area is 127 Å². The second kappa shape index (κ2) is 9.70. The van der Waals surface area contributed by atoms with Gasteiger partial charge in [-0.2, -0.15) is 0 Å². The molecule has 7 heteroatoms. The molecular weight excluding hydrogens is 296 g/mol. The van der Waals surface area contributed by atoms with Crippen LogP contribution in [0.2, 0.25) is 0 Å². The van der Waals surface area contributed by atoms with Gasteiger partial charge in [-0.3, -0.25) is 9.59 Å². The number of halogens is 2. The summed E-state index contributed by atoms with van der Waals surface area (Å²) in [4.78, 5) is 21.9. The maximum atomic E-state index is 12.1. The number of amides is 1. The van der Waals surface area contributed by atoms with E-state index >= 15 is 0 Å². The summed E-state index contributed by atoms with van der Waals surface area (Å²) in [7, 11) is 0. The van der Waals surface area contributed by atoms with Gasteiger partial charge in [-0.1, -0.05) is 12.1 Å². The summed E-state index contributed by atoms with van der Waals surface area (Å²) >= 11 is 0. The normalized spacial score (nSPS) is 10.5. The smallest absolute Gasteiger partial charge is 0.303 e. The molecule has 2 N–H and O–H groups in total. The van der Waals surface area contributed by atoms with Crippen LogP contribution < -0.4 is 10.1 Å². The first-order valence-corrected chi connectivity index (χ1v) is 6.95. The van der Waals surface area contributed by atoms with Crippen molar-refractivity contribution < 1.29 is 28.2 Å². The van der Waals surface area contributed by atoms with E-state index in [1.807, 2.05) is 0 Å². The lowest BCUT2D eigenvalue weighted by atomic mass is 10.1. The van der Waals surface area contributed by atoms with Crippen LogP contribution in [0.15, 0.2) is 24.3 Å². The predicted octanol–water partition coefficient (Wildman–Crippen LogP) is 2.59. The van der Waals surface area contributed by atoms with Crippen LogP contribution >= 0.6 is 0 Å². The first-order valence-electron chi connectivity index (χ1n) is 6.95. The molecule has 0 bridgehead atoms. The number of nitrogens with one attached hydrogen (secondary N) is 1. The minimum atomic E-state index is -2.53. The second-order valence-electron chi connectivity index (χ2n) is 4.73. The van der Waals surface area contributed by atoms with Gasteiger partial charge in [-0.25, -0.2) is 8.78 Å².